The van der Waals surface area contributed by atoms with Crippen LogP contribution in [0.15, 0.2) is 72.3 Å². The summed E-state index contributed by atoms with van der Waals surface area (Å²) in [7, 11) is 0. The molecule has 0 amide bonds. The van der Waals surface area contributed by atoms with E-state index in [0.29, 0.717) is 6.42 Å². The third-order valence-corrected chi connectivity index (χ3v) is 5.62. The summed E-state index contributed by atoms with van der Waals surface area (Å²) in [4.78, 5) is 0. The molecule has 0 radical (unpaired) electrons. The van der Waals surface area contributed by atoms with Crippen molar-refractivity contribution in [1.29, 1.82) is 0 Å². The summed E-state index contributed by atoms with van der Waals surface area (Å²) in [6, 6.07) is 15.2. The molecule has 1 aliphatic rings. The lowest BCUT2D eigenvalue weighted by molar-refractivity contribution is 0.626. The molecule has 0 aliphatic heterocycles. The topological polar surface area (TPSA) is 0 Å². The molecule has 2 aromatic rings. The maximum Gasteiger partial charge on any atom is 0.0334 e. The lowest BCUT2D eigenvalue weighted by Crippen LogP contribution is -2.17. The normalized spacial score (nSPS) is 12.2. The average Bonchev–Trinajstić information content (AvgIpc) is 3.06. The zero-order chi connectivity index (χ0) is 20.9. The fraction of sp³-hybridized carbons (Fsp3) is 0.286. The van der Waals surface area contributed by atoms with Gasteiger partial charge in [-0.3, -0.25) is 0 Å². The summed E-state index contributed by atoms with van der Waals surface area (Å²) in [5.74, 6) is 2.64. The molecule has 0 heteroatoms. The van der Waals surface area contributed by atoms with Crippen molar-refractivity contribution in [3.05, 3.63) is 100 Å². The molecule has 0 spiro atoms. The molecule has 3 rings (SSSR count). The second kappa shape index (κ2) is 8.94. The van der Waals surface area contributed by atoms with Crippen LogP contribution in [0.3, 0.4) is 0 Å². The quantitative estimate of drug-likeness (QED) is 0.390. The van der Waals surface area contributed by atoms with Gasteiger partial charge in [0.2, 0.25) is 0 Å². The van der Waals surface area contributed by atoms with Gasteiger partial charge >= 0.3 is 0 Å². The Labute approximate surface area is 171 Å². The molecule has 0 unspecified atom stereocenters. The zero-order valence-corrected chi connectivity index (χ0v) is 18.0. The van der Waals surface area contributed by atoms with Gasteiger partial charge in [-0.05, 0) is 55.0 Å². The first-order valence-electron chi connectivity index (χ1n) is 9.80. The van der Waals surface area contributed by atoms with E-state index in [1.807, 2.05) is 0 Å². The Morgan fingerprint density at radius 2 is 1.64 bits per heavy atom. The number of hydrogen-bond donors (Lipinski definition) is 0. The van der Waals surface area contributed by atoms with Crippen molar-refractivity contribution in [2.24, 2.45) is 0 Å². The summed E-state index contributed by atoms with van der Waals surface area (Å²) < 4.78 is 0. The molecular formula is C28H32. The van der Waals surface area contributed by atoms with Crippen molar-refractivity contribution in [3.8, 4) is 12.3 Å². The van der Waals surface area contributed by atoms with Crippen LogP contribution in [0.5, 0.6) is 0 Å². The molecule has 28 heavy (non-hydrogen) atoms. The first kappa shape index (κ1) is 21.5. The average molecular weight is 369 g/mol. The van der Waals surface area contributed by atoms with Gasteiger partial charge in [0.05, 0.1) is 0 Å². The number of allylic oxidation sites excluding steroid dienone is 3. The maximum absolute atomic E-state index is 5.29. The van der Waals surface area contributed by atoms with E-state index in [0.717, 1.165) is 12.0 Å². The first-order chi connectivity index (χ1) is 13.1. The third-order valence-electron chi connectivity index (χ3n) is 5.62. The van der Waals surface area contributed by atoms with Gasteiger partial charge in [-0.25, -0.2) is 0 Å². The summed E-state index contributed by atoms with van der Waals surface area (Å²) >= 11 is 0. The fourth-order valence-corrected chi connectivity index (χ4v) is 3.15. The highest BCUT2D eigenvalue weighted by atomic mass is 14.2. The number of fused-ring (bicyclic) bond motifs is 1. The molecule has 0 saturated heterocycles. The molecule has 2 aromatic carbocycles. The minimum absolute atomic E-state index is 0.0910. The van der Waals surface area contributed by atoms with Gasteiger partial charge in [-0.15, -0.1) is 12.3 Å². The van der Waals surface area contributed by atoms with Crippen LogP contribution in [-0.4, -0.2) is 0 Å². The van der Waals surface area contributed by atoms with Gasteiger partial charge in [0.1, 0.15) is 0 Å². The SMILES string of the molecule is C#CCC(=C)C1=Cc2ccc(C)cc2C1.C=C(C)C(C)(C)c1ccc(C)cc1. The van der Waals surface area contributed by atoms with E-state index in [9.17, 15) is 0 Å². The molecule has 0 saturated carbocycles. The Hall–Kier alpha value is -2.78. The largest absolute Gasteiger partial charge is 0.120 e. The first-order valence-corrected chi connectivity index (χ1v) is 9.80. The molecule has 144 valence electrons. The van der Waals surface area contributed by atoms with Crippen LogP contribution in [0.25, 0.3) is 6.08 Å². The van der Waals surface area contributed by atoms with Crippen LogP contribution in [0.2, 0.25) is 0 Å². The fourth-order valence-electron chi connectivity index (χ4n) is 3.15. The Kier molecular flexibility index (Phi) is 6.87. The van der Waals surface area contributed by atoms with Crippen LogP contribution >= 0.6 is 0 Å². The van der Waals surface area contributed by atoms with Crippen LogP contribution in [-0.2, 0) is 11.8 Å². The van der Waals surface area contributed by atoms with Gasteiger partial charge in [0, 0.05) is 11.8 Å². The molecule has 0 atom stereocenters. The zero-order valence-electron chi connectivity index (χ0n) is 18.0. The predicted molar refractivity (Wildman–Crippen MR) is 124 cm³/mol. The van der Waals surface area contributed by atoms with Crippen molar-refractivity contribution >= 4 is 6.08 Å². The summed E-state index contributed by atoms with van der Waals surface area (Å²) in [5, 5.41) is 0. The highest BCUT2D eigenvalue weighted by molar-refractivity contribution is 5.68. The van der Waals surface area contributed by atoms with Crippen molar-refractivity contribution < 1.29 is 0 Å². The number of benzene rings is 2. The molecule has 0 nitrogen and oxygen atoms in total. The number of rotatable bonds is 4. The van der Waals surface area contributed by atoms with Crippen LogP contribution in [0, 0.1) is 26.2 Å². The molecule has 0 fully saturated rings. The third kappa shape index (κ3) is 5.14. The second-order valence-electron chi connectivity index (χ2n) is 8.30. The van der Waals surface area contributed by atoms with Gasteiger partial charge in [-0.1, -0.05) is 92.2 Å². The van der Waals surface area contributed by atoms with Gasteiger partial charge in [0.25, 0.3) is 0 Å². The van der Waals surface area contributed by atoms with E-state index in [4.69, 9.17) is 6.42 Å². The molecule has 1 aliphatic carbocycles. The number of terminal acetylenes is 1. The van der Waals surface area contributed by atoms with E-state index in [1.54, 1.807) is 0 Å². The summed E-state index contributed by atoms with van der Waals surface area (Å²) in [6.45, 7) is 18.8. The number of hydrogen-bond acceptors (Lipinski definition) is 0. The summed E-state index contributed by atoms with van der Waals surface area (Å²) in [6.07, 6.45) is 9.13. The smallest absolute Gasteiger partial charge is 0.0334 e. The monoisotopic (exact) mass is 368 g/mol. The van der Waals surface area contributed by atoms with E-state index < -0.39 is 0 Å². The van der Waals surface area contributed by atoms with Crippen LogP contribution in [0.4, 0.5) is 0 Å². The van der Waals surface area contributed by atoms with Crippen molar-refractivity contribution in [3.63, 3.8) is 0 Å². The Balaban J connectivity index is 0.000000203. The van der Waals surface area contributed by atoms with E-state index >= 15 is 0 Å². The Morgan fingerprint density at radius 1 is 1.04 bits per heavy atom. The maximum atomic E-state index is 5.29. The van der Waals surface area contributed by atoms with Crippen LogP contribution in [0.1, 0.15) is 55.0 Å². The lowest BCUT2D eigenvalue weighted by atomic mass is 9.79. The van der Waals surface area contributed by atoms with E-state index in [-0.39, 0.29) is 5.41 Å². The highest BCUT2D eigenvalue weighted by Gasteiger charge is 2.20. The lowest BCUT2D eigenvalue weighted by Gasteiger charge is -2.25. The van der Waals surface area contributed by atoms with Crippen molar-refractivity contribution in [1.82, 2.24) is 0 Å². The summed E-state index contributed by atoms with van der Waals surface area (Å²) in [5.41, 5.74) is 10.3. The molecule has 0 aromatic heterocycles. The second-order valence-corrected chi connectivity index (χ2v) is 8.30. The Morgan fingerprint density at radius 3 is 2.21 bits per heavy atom. The molecule has 0 heterocycles. The minimum Gasteiger partial charge on any atom is -0.120 e. The number of aryl methyl sites for hydroxylation is 2. The molecular weight excluding hydrogens is 336 g/mol. The predicted octanol–water partition coefficient (Wildman–Crippen LogP) is 7.36. The van der Waals surface area contributed by atoms with Gasteiger partial charge in [0.15, 0.2) is 0 Å². The van der Waals surface area contributed by atoms with E-state index in [1.165, 1.54) is 39.0 Å². The highest BCUT2D eigenvalue weighted by Crippen LogP contribution is 2.31. The Bertz CT molecular complexity index is 941. The molecule has 0 bridgehead atoms. The molecule has 0 N–H and O–H groups in total. The van der Waals surface area contributed by atoms with Crippen molar-refractivity contribution in [2.45, 2.75) is 52.9 Å². The standard InChI is InChI=1S/C15H14.C13H18/c1-4-5-12(3)14-9-13-7-6-11(2)8-15(13)10-14;1-10(2)13(4,5)12-8-6-11(3)7-9-12/h1,6-9H,3,5,10H2,2H3;6-9H,1H2,2-5H3. The van der Waals surface area contributed by atoms with E-state index in [2.05, 4.69) is 102 Å². The van der Waals surface area contributed by atoms with Crippen molar-refractivity contribution in [2.75, 3.05) is 0 Å². The minimum atomic E-state index is 0.0910. The van der Waals surface area contributed by atoms with Gasteiger partial charge < -0.3 is 0 Å². The van der Waals surface area contributed by atoms with Crippen LogP contribution < -0.4 is 0 Å². The van der Waals surface area contributed by atoms with Gasteiger partial charge in [-0.2, -0.15) is 0 Å².